The molecule has 11 unspecified atom stereocenters. The molecule has 0 aromatic carbocycles. The lowest BCUT2D eigenvalue weighted by atomic mass is 9.41. The Kier molecular flexibility index (Phi) is 1.62. The standard InChI is InChI=1S/C19H24O2/c20-18-19(3-4-21-18)7-8-5-13(19)17-14(8)15-11-6-12(16(15)17)10-2-1-9(10)11/h8-17H,1-7H2. The zero-order valence-corrected chi connectivity index (χ0v) is 12.5. The van der Waals surface area contributed by atoms with Crippen molar-refractivity contribution >= 4 is 5.97 Å². The fraction of sp³-hybridized carbons (Fsp3) is 0.947. The second kappa shape index (κ2) is 3.08. The highest BCUT2D eigenvalue weighted by atomic mass is 16.5. The van der Waals surface area contributed by atoms with Gasteiger partial charge in [-0.2, -0.15) is 0 Å². The summed E-state index contributed by atoms with van der Waals surface area (Å²) in [5.74, 6) is 10.4. The second-order valence-corrected chi connectivity index (χ2v) is 9.63. The molecule has 7 aliphatic rings. The van der Waals surface area contributed by atoms with Crippen molar-refractivity contribution in [1.82, 2.24) is 0 Å². The van der Waals surface area contributed by atoms with Crippen LogP contribution in [0.2, 0.25) is 0 Å². The van der Waals surface area contributed by atoms with Crippen molar-refractivity contribution in [3.8, 4) is 0 Å². The van der Waals surface area contributed by atoms with Gasteiger partial charge >= 0.3 is 5.97 Å². The zero-order chi connectivity index (χ0) is 13.5. The first-order valence-electron chi connectivity index (χ1n) is 9.47. The molecule has 7 fully saturated rings. The van der Waals surface area contributed by atoms with Gasteiger partial charge in [0, 0.05) is 0 Å². The average Bonchev–Trinajstić information content (AvgIpc) is 3.09. The number of carbonyl (C=O) groups is 1. The van der Waals surface area contributed by atoms with E-state index in [1.165, 1.54) is 19.3 Å². The molecule has 1 spiro atoms. The van der Waals surface area contributed by atoms with Gasteiger partial charge in [-0.3, -0.25) is 4.79 Å². The fourth-order valence-corrected chi connectivity index (χ4v) is 9.52. The van der Waals surface area contributed by atoms with E-state index in [1.54, 1.807) is 12.8 Å². The zero-order valence-electron chi connectivity index (χ0n) is 12.5. The fourth-order valence-electron chi connectivity index (χ4n) is 9.52. The van der Waals surface area contributed by atoms with Crippen LogP contribution in [0.4, 0.5) is 0 Å². The van der Waals surface area contributed by atoms with Gasteiger partial charge in [-0.05, 0) is 97.7 Å². The molecule has 0 aromatic rings. The van der Waals surface area contributed by atoms with E-state index in [1.807, 2.05) is 0 Å². The van der Waals surface area contributed by atoms with E-state index in [2.05, 4.69) is 0 Å². The van der Waals surface area contributed by atoms with E-state index < -0.39 is 0 Å². The van der Waals surface area contributed by atoms with Gasteiger partial charge in [0.15, 0.2) is 0 Å². The molecule has 112 valence electrons. The molecule has 0 N–H and O–H groups in total. The highest BCUT2D eigenvalue weighted by Crippen LogP contribution is 2.82. The van der Waals surface area contributed by atoms with Crippen LogP contribution in [0.3, 0.4) is 0 Å². The molecule has 0 radical (unpaired) electrons. The third kappa shape index (κ3) is 0.918. The van der Waals surface area contributed by atoms with Crippen molar-refractivity contribution in [2.75, 3.05) is 6.61 Å². The Morgan fingerprint density at radius 1 is 0.905 bits per heavy atom. The molecular formula is C19H24O2. The second-order valence-electron chi connectivity index (χ2n) is 9.63. The van der Waals surface area contributed by atoms with Gasteiger partial charge in [-0.15, -0.1) is 0 Å². The van der Waals surface area contributed by atoms with Crippen molar-refractivity contribution in [1.29, 1.82) is 0 Å². The molecule has 11 atom stereocenters. The highest BCUT2D eigenvalue weighted by molar-refractivity contribution is 5.80. The van der Waals surface area contributed by atoms with E-state index >= 15 is 0 Å². The largest absolute Gasteiger partial charge is 0.465 e. The monoisotopic (exact) mass is 284 g/mol. The van der Waals surface area contributed by atoms with E-state index in [0.29, 0.717) is 6.61 Å². The first kappa shape index (κ1) is 11.1. The van der Waals surface area contributed by atoms with Gasteiger partial charge in [-0.25, -0.2) is 0 Å². The third-order valence-corrected chi connectivity index (χ3v) is 9.88. The van der Waals surface area contributed by atoms with Crippen LogP contribution in [0, 0.1) is 64.6 Å². The maximum atomic E-state index is 12.4. The number of ether oxygens (including phenoxy) is 1. The topological polar surface area (TPSA) is 26.3 Å². The first-order chi connectivity index (χ1) is 10.3. The quantitative estimate of drug-likeness (QED) is 0.504. The van der Waals surface area contributed by atoms with Gasteiger partial charge in [-0.1, -0.05) is 0 Å². The Morgan fingerprint density at radius 3 is 2.33 bits per heavy atom. The van der Waals surface area contributed by atoms with Crippen LogP contribution < -0.4 is 0 Å². The summed E-state index contributed by atoms with van der Waals surface area (Å²) in [6.07, 6.45) is 8.30. The molecule has 2 nitrogen and oxygen atoms in total. The van der Waals surface area contributed by atoms with Gasteiger partial charge in [0.1, 0.15) is 0 Å². The number of carbonyl (C=O) groups excluding carboxylic acids is 1. The summed E-state index contributed by atoms with van der Waals surface area (Å²) in [4.78, 5) is 12.4. The smallest absolute Gasteiger partial charge is 0.312 e. The van der Waals surface area contributed by atoms with Crippen LogP contribution in [0.5, 0.6) is 0 Å². The molecule has 6 aliphatic carbocycles. The van der Waals surface area contributed by atoms with E-state index in [4.69, 9.17) is 4.74 Å². The minimum atomic E-state index is -0.00233. The first-order valence-corrected chi connectivity index (χ1v) is 9.47. The molecule has 1 heterocycles. The highest BCUT2D eigenvalue weighted by Gasteiger charge is 2.78. The van der Waals surface area contributed by atoms with Crippen LogP contribution >= 0.6 is 0 Å². The molecule has 21 heavy (non-hydrogen) atoms. The normalized spacial score (nSPS) is 71.1. The summed E-state index contributed by atoms with van der Waals surface area (Å²) >= 11 is 0. The summed E-state index contributed by atoms with van der Waals surface area (Å²) in [6.45, 7) is 0.713. The van der Waals surface area contributed by atoms with Crippen LogP contribution in [0.1, 0.15) is 38.5 Å². The van der Waals surface area contributed by atoms with Crippen molar-refractivity contribution in [2.24, 2.45) is 64.6 Å². The SMILES string of the molecule is O=C1OCCC12CC1CC2C2C1C1C3CC(C4CCC43)C12. The molecule has 1 aliphatic heterocycles. The van der Waals surface area contributed by atoms with Crippen LogP contribution in [-0.2, 0) is 9.53 Å². The minimum absolute atomic E-state index is 0.00233. The predicted molar refractivity (Wildman–Crippen MR) is 76.0 cm³/mol. The maximum Gasteiger partial charge on any atom is 0.312 e. The van der Waals surface area contributed by atoms with Gasteiger partial charge in [0.05, 0.1) is 12.0 Å². The molecule has 2 heteroatoms. The summed E-state index contributed by atoms with van der Waals surface area (Å²) < 4.78 is 5.43. The van der Waals surface area contributed by atoms with Crippen molar-refractivity contribution in [2.45, 2.75) is 38.5 Å². The van der Waals surface area contributed by atoms with E-state index in [-0.39, 0.29) is 11.4 Å². The number of hydrogen-bond acceptors (Lipinski definition) is 2. The summed E-state index contributed by atoms with van der Waals surface area (Å²) in [7, 11) is 0. The van der Waals surface area contributed by atoms with Crippen molar-refractivity contribution in [3.05, 3.63) is 0 Å². The summed E-state index contributed by atoms with van der Waals surface area (Å²) in [5.41, 5.74) is -0.00233. The lowest BCUT2D eigenvalue weighted by molar-refractivity contribution is -0.178. The number of fused-ring (bicyclic) bond motifs is 16. The molecule has 0 amide bonds. The van der Waals surface area contributed by atoms with E-state index in [9.17, 15) is 4.79 Å². The summed E-state index contributed by atoms with van der Waals surface area (Å²) in [5, 5.41) is 0. The third-order valence-electron chi connectivity index (χ3n) is 9.88. The number of rotatable bonds is 0. The average molecular weight is 284 g/mol. The Hall–Kier alpha value is -0.530. The van der Waals surface area contributed by atoms with Gasteiger partial charge < -0.3 is 4.74 Å². The van der Waals surface area contributed by atoms with Crippen LogP contribution in [0.25, 0.3) is 0 Å². The molecule has 1 saturated heterocycles. The van der Waals surface area contributed by atoms with Crippen LogP contribution in [0.15, 0.2) is 0 Å². The van der Waals surface area contributed by atoms with Crippen molar-refractivity contribution < 1.29 is 9.53 Å². The Morgan fingerprint density at radius 2 is 1.67 bits per heavy atom. The van der Waals surface area contributed by atoms with Crippen LogP contribution in [-0.4, -0.2) is 12.6 Å². The number of cyclic esters (lactones) is 1. The molecule has 6 saturated carbocycles. The molecule has 0 aromatic heterocycles. The predicted octanol–water partition coefficient (Wildman–Crippen LogP) is 3.11. The lowest BCUT2D eigenvalue weighted by Crippen LogP contribution is -2.60. The van der Waals surface area contributed by atoms with Crippen molar-refractivity contribution in [3.63, 3.8) is 0 Å². The molecule has 7 rings (SSSR count). The Bertz CT molecular complexity index is 570. The maximum absolute atomic E-state index is 12.4. The molecule has 4 bridgehead atoms. The summed E-state index contributed by atoms with van der Waals surface area (Å²) in [6, 6.07) is 0. The lowest BCUT2D eigenvalue weighted by Gasteiger charge is -2.63. The van der Waals surface area contributed by atoms with E-state index in [0.717, 1.165) is 65.6 Å². The number of hydrogen-bond donors (Lipinski definition) is 0. The molecular weight excluding hydrogens is 260 g/mol. The Labute approximate surface area is 126 Å². The number of esters is 1. The minimum Gasteiger partial charge on any atom is -0.465 e. The van der Waals surface area contributed by atoms with Gasteiger partial charge in [0.2, 0.25) is 0 Å². The van der Waals surface area contributed by atoms with Gasteiger partial charge in [0.25, 0.3) is 0 Å². The Balaban J connectivity index is 1.30.